The standard InChI is InChI=1S/C25H25N7O3S/c1-4-30(5-2)18-9-11-19(12-10-18)31-28-22-13-16(3)21(15-23(22)29-31)26-25(36)27-24(33)17-7-6-8-20(14-17)32(34)35/h6-15H,4-5H2,1-3H3,(H2,26,27,33,36). The average Bonchev–Trinajstić information content (AvgIpc) is 3.28. The zero-order valence-electron chi connectivity index (χ0n) is 20.1. The maximum absolute atomic E-state index is 12.5. The Balaban J connectivity index is 1.50. The Bertz CT molecular complexity index is 1450. The molecule has 1 aromatic heterocycles. The molecule has 0 aliphatic carbocycles. The topological polar surface area (TPSA) is 118 Å². The number of amides is 1. The third-order valence-corrected chi connectivity index (χ3v) is 5.93. The average molecular weight is 504 g/mol. The van der Waals surface area contributed by atoms with Crippen LogP contribution in [0.5, 0.6) is 0 Å². The molecule has 0 aliphatic rings. The van der Waals surface area contributed by atoms with Crippen molar-refractivity contribution in [2.45, 2.75) is 20.8 Å². The minimum atomic E-state index is -0.557. The lowest BCUT2D eigenvalue weighted by Crippen LogP contribution is -2.34. The summed E-state index contributed by atoms with van der Waals surface area (Å²) >= 11 is 5.29. The third-order valence-electron chi connectivity index (χ3n) is 5.73. The first-order valence-corrected chi connectivity index (χ1v) is 11.8. The molecular weight excluding hydrogens is 478 g/mol. The molecule has 0 saturated carbocycles. The molecule has 11 heteroatoms. The largest absolute Gasteiger partial charge is 0.372 e. The molecule has 0 saturated heterocycles. The minimum absolute atomic E-state index is 0.0633. The lowest BCUT2D eigenvalue weighted by atomic mass is 10.1. The van der Waals surface area contributed by atoms with Crippen molar-refractivity contribution in [2.24, 2.45) is 0 Å². The first-order chi connectivity index (χ1) is 17.3. The second-order valence-electron chi connectivity index (χ2n) is 8.05. The number of aryl methyl sites for hydroxylation is 1. The van der Waals surface area contributed by atoms with Crippen LogP contribution in [0.25, 0.3) is 16.7 Å². The summed E-state index contributed by atoms with van der Waals surface area (Å²) in [7, 11) is 0. The van der Waals surface area contributed by atoms with Gasteiger partial charge < -0.3 is 10.2 Å². The number of carbonyl (C=O) groups is 1. The fraction of sp³-hybridized carbons (Fsp3) is 0.200. The molecule has 4 aromatic rings. The highest BCUT2D eigenvalue weighted by Gasteiger charge is 2.14. The second kappa shape index (κ2) is 10.5. The number of rotatable bonds is 7. The molecule has 10 nitrogen and oxygen atoms in total. The van der Waals surface area contributed by atoms with Crippen LogP contribution in [-0.4, -0.2) is 44.0 Å². The van der Waals surface area contributed by atoms with E-state index in [-0.39, 0.29) is 16.4 Å². The molecule has 0 unspecified atom stereocenters. The predicted molar refractivity (Wildman–Crippen MR) is 144 cm³/mol. The van der Waals surface area contributed by atoms with E-state index in [1.165, 1.54) is 24.3 Å². The van der Waals surface area contributed by atoms with Crippen LogP contribution in [0.1, 0.15) is 29.8 Å². The number of nitro benzene ring substituents is 1. The number of nitrogens with one attached hydrogen (secondary N) is 2. The molecule has 0 fully saturated rings. The van der Waals surface area contributed by atoms with E-state index in [2.05, 4.69) is 51.7 Å². The number of non-ortho nitro benzene ring substituents is 1. The molecule has 184 valence electrons. The molecular formula is C25H25N7O3S. The molecule has 2 N–H and O–H groups in total. The summed E-state index contributed by atoms with van der Waals surface area (Å²) in [6, 6.07) is 17.2. The van der Waals surface area contributed by atoms with Gasteiger partial charge in [0.15, 0.2) is 5.11 Å². The van der Waals surface area contributed by atoms with Gasteiger partial charge in [0.25, 0.3) is 11.6 Å². The minimum Gasteiger partial charge on any atom is -0.372 e. The van der Waals surface area contributed by atoms with Gasteiger partial charge >= 0.3 is 0 Å². The third kappa shape index (κ3) is 5.31. The van der Waals surface area contributed by atoms with Crippen LogP contribution >= 0.6 is 12.2 Å². The predicted octanol–water partition coefficient (Wildman–Crippen LogP) is 4.61. The normalized spacial score (nSPS) is 10.8. The number of carbonyl (C=O) groups excluding carboxylic acids is 1. The van der Waals surface area contributed by atoms with Gasteiger partial charge in [0.1, 0.15) is 11.0 Å². The van der Waals surface area contributed by atoms with Crippen molar-refractivity contribution >= 4 is 51.3 Å². The van der Waals surface area contributed by atoms with E-state index in [1.54, 1.807) is 4.80 Å². The lowest BCUT2D eigenvalue weighted by molar-refractivity contribution is -0.384. The van der Waals surface area contributed by atoms with E-state index in [1.807, 2.05) is 31.2 Å². The number of nitrogens with zero attached hydrogens (tertiary/aromatic N) is 5. The number of nitro groups is 1. The SMILES string of the molecule is CCN(CC)c1ccc(-n2nc3cc(C)c(NC(=S)NC(=O)c4cccc([N+](=O)[O-])c4)cc3n2)cc1. The van der Waals surface area contributed by atoms with Gasteiger partial charge in [0.05, 0.1) is 10.6 Å². The van der Waals surface area contributed by atoms with Gasteiger partial charge in [0.2, 0.25) is 0 Å². The highest BCUT2D eigenvalue weighted by molar-refractivity contribution is 7.80. The first-order valence-electron chi connectivity index (χ1n) is 11.4. The molecule has 3 aromatic carbocycles. The number of hydrogen-bond acceptors (Lipinski definition) is 7. The quantitative estimate of drug-likeness (QED) is 0.213. The van der Waals surface area contributed by atoms with E-state index in [9.17, 15) is 14.9 Å². The van der Waals surface area contributed by atoms with Crippen molar-refractivity contribution in [1.29, 1.82) is 0 Å². The number of benzene rings is 3. The fourth-order valence-electron chi connectivity index (χ4n) is 3.79. The van der Waals surface area contributed by atoms with Gasteiger partial charge in [-0.15, -0.1) is 10.2 Å². The summed E-state index contributed by atoms with van der Waals surface area (Å²) in [5.74, 6) is -0.547. The van der Waals surface area contributed by atoms with Crippen LogP contribution in [0, 0.1) is 17.0 Å². The molecule has 0 bridgehead atoms. The Morgan fingerprint density at radius 1 is 1.06 bits per heavy atom. The smallest absolute Gasteiger partial charge is 0.270 e. The summed E-state index contributed by atoms with van der Waals surface area (Å²) in [6.07, 6.45) is 0. The van der Waals surface area contributed by atoms with E-state index in [0.29, 0.717) is 11.2 Å². The van der Waals surface area contributed by atoms with Crippen molar-refractivity contribution in [2.75, 3.05) is 23.3 Å². The molecule has 1 heterocycles. The van der Waals surface area contributed by atoms with E-state index >= 15 is 0 Å². The zero-order valence-corrected chi connectivity index (χ0v) is 20.9. The van der Waals surface area contributed by atoms with E-state index in [4.69, 9.17) is 12.2 Å². The van der Waals surface area contributed by atoms with Gasteiger partial charge in [-0.2, -0.15) is 4.80 Å². The molecule has 1 amide bonds. The van der Waals surface area contributed by atoms with E-state index < -0.39 is 10.8 Å². The van der Waals surface area contributed by atoms with Crippen LogP contribution in [0.4, 0.5) is 17.1 Å². The maximum atomic E-state index is 12.5. The number of thiocarbonyl (C=S) groups is 1. The Labute approximate surface area is 213 Å². The number of aromatic nitrogens is 3. The van der Waals surface area contributed by atoms with Crippen molar-refractivity contribution in [1.82, 2.24) is 20.3 Å². The Hall–Kier alpha value is -4.38. The molecule has 36 heavy (non-hydrogen) atoms. The van der Waals surface area contributed by atoms with Gasteiger partial charge in [-0.1, -0.05) is 6.07 Å². The van der Waals surface area contributed by atoms with Crippen LogP contribution in [-0.2, 0) is 0 Å². The molecule has 0 radical (unpaired) electrons. The van der Waals surface area contributed by atoms with Crippen molar-refractivity contribution in [3.63, 3.8) is 0 Å². The Morgan fingerprint density at radius 3 is 2.36 bits per heavy atom. The van der Waals surface area contributed by atoms with Crippen LogP contribution < -0.4 is 15.5 Å². The summed E-state index contributed by atoms with van der Waals surface area (Å²) in [5, 5.41) is 25.8. The van der Waals surface area contributed by atoms with Crippen LogP contribution in [0.3, 0.4) is 0 Å². The summed E-state index contributed by atoms with van der Waals surface area (Å²) in [6.45, 7) is 8.01. The summed E-state index contributed by atoms with van der Waals surface area (Å²) < 4.78 is 0. The maximum Gasteiger partial charge on any atom is 0.270 e. The summed E-state index contributed by atoms with van der Waals surface area (Å²) in [5.41, 5.74) is 4.84. The van der Waals surface area contributed by atoms with Crippen LogP contribution in [0.2, 0.25) is 0 Å². The van der Waals surface area contributed by atoms with E-state index in [0.717, 1.165) is 35.5 Å². The molecule has 0 spiro atoms. The van der Waals surface area contributed by atoms with Crippen molar-refractivity contribution in [3.8, 4) is 5.69 Å². The fourth-order valence-corrected chi connectivity index (χ4v) is 4.00. The van der Waals surface area contributed by atoms with Gasteiger partial charge in [0, 0.05) is 42.2 Å². The lowest BCUT2D eigenvalue weighted by Gasteiger charge is -2.20. The summed E-state index contributed by atoms with van der Waals surface area (Å²) in [4.78, 5) is 26.7. The number of anilines is 2. The number of fused-ring (bicyclic) bond motifs is 1. The highest BCUT2D eigenvalue weighted by atomic mass is 32.1. The van der Waals surface area contributed by atoms with Crippen molar-refractivity contribution in [3.05, 3.63) is 81.9 Å². The monoisotopic (exact) mass is 503 g/mol. The highest BCUT2D eigenvalue weighted by Crippen LogP contribution is 2.23. The van der Waals surface area contributed by atoms with Gasteiger partial charge in [-0.05, 0) is 81.0 Å². The molecule has 4 rings (SSSR count). The molecule has 0 aliphatic heterocycles. The first kappa shape index (κ1) is 24.7. The number of hydrogen-bond donors (Lipinski definition) is 2. The second-order valence-corrected chi connectivity index (χ2v) is 8.46. The zero-order chi connectivity index (χ0) is 25.8. The van der Waals surface area contributed by atoms with Crippen LogP contribution in [0.15, 0.2) is 60.7 Å². The Morgan fingerprint density at radius 2 is 1.72 bits per heavy atom. The van der Waals surface area contributed by atoms with Gasteiger partial charge in [-0.3, -0.25) is 20.2 Å². The molecule has 0 atom stereocenters. The van der Waals surface area contributed by atoms with Crippen molar-refractivity contribution < 1.29 is 9.72 Å². The Kier molecular flexibility index (Phi) is 7.20. The van der Waals surface area contributed by atoms with Gasteiger partial charge in [-0.25, -0.2) is 0 Å².